The van der Waals surface area contributed by atoms with Crippen LogP contribution in [0.3, 0.4) is 0 Å². The van der Waals surface area contributed by atoms with Crippen LogP contribution in [0.15, 0.2) is 72.3 Å². The van der Waals surface area contributed by atoms with Crippen molar-refractivity contribution in [2.75, 3.05) is 6.61 Å². The van der Waals surface area contributed by atoms with Crippen LogP contribution in [0.5, 0.6) is 0 Å². The van der Waals surface area contributed by atoms with E-state index in [2.05, 4.69) is 13.0 Å². The Morgan fingerprint density at radius 1 is 0.923 bits per heavy atom. The van der Waals surface area contributed by atoms with Gasteiger partial charge in [-0.3, -0.25) is 0 Å². The number of hydrogen-bond acceptors (Lipinski definition) is 4. The summed E-state index contributed by atoms with van der Waals surface area (Å²) in [5.74, 6) is -0.427. The standard InChI is InChI=1S/C22H22O4/c1-16-12-13-17(15-25-21(23)18-8-4-2-5-9-18)14-20(16)26-22(24)19-10-6-3-7-11-19/h2-11,13,16,20H,12,14-15H2,1H3/t16-,20?/m1/s1. The van der Waals surface area contributed by atoms with Crippen LogP contribution in [-0.2, 0) is 9.47 Å². The number of ether oxygens (including phenoxy) is 2. The quantitative estimate of drug-likeness (QED) is 0.591. The van der Waals surface area contributed by atoms with Crippen molar-refractivity contribution in [3.63, 3.8) is 0 Å². The van der Waals surface area contributed by atoms with Crippen molar-refractivity contribution in [3.05, 3.63) is 83.4 Å². The van der Waals surface area contributed by atoms with Gasteiger partial charge in [0, 0.05) is 6.42 Å². The topological polar surface area (TPSA) is 52.6 Å². The maximum Gasteiger partial charge on any atom is 0.338 e. The monoisotopic (exact) mass is 350 g/mol. The Labute approximate surface area is 153 Å². The summed E-state index contributed by atoms with van der Waals surface area (Å²) in [5.41, 5.74) is 2.06. The van der Waals surface area contributed by atoms with Crippen LogP contribution in [-0.4, -0.2) is 24.6 Å². The van der Waals surface area contributed by atoms with Gasteiger partial charge in [0.05, 0.1) is 11.1 Å². The number of carbonyl (C=O) groups excluding carboxylic acids is 2. The van der Waals surface area contributed by atoms with Gasteiger partial charge >= 0.3 is 11.9 Å². The van der Waals surface area contributed by atoms with Crippen molar-refractivity contribution in [2.45, 2.75) is 25.9 Å². The van der Waals surface area contributed by atoms with Crippen LogP contribution < -0.4 is 0 Å². The Balaban J connectivity index is 1.55. The Morgan fingerprint density at radius 3 is 2.12 bits per heavy atom. The molecule has 0 saturated carbocycles. The molecule has 2 aromatic rings. The first kappa shape index (κ1) is 17.9. The first-order valence-electron chi connectivity index (χ1n) is 8.79. The molecule has 4 heteroatoms. The summed E-state index contributed by atoms with van der Waals surface area (Å²) in [6.07, 6.45) is 3.25. The van der Waals surface area contributed by atoms with Gasteiger partial charge in [0.1, 0.15) is 12.7 Å². The zero-order chi connectivity index (χ0) is 18.4. The molecule has 0 saturated heterocycles. The zero-order valence-corrected chi connectivity index (χ0v) is 14.8. The summed E-state index contributed by atoms with van der Waals surface area (Å²) < 4.78 is 11.1. The van der Waals surface area contributed by atoms with Crippen LogP contribution in [0.2, 0.25) is 0 Å². The summed E-state index contributed by atoms with van der Waals surface area (Å²) in [6.45, 7) is 2.28. The van der Waals surface area contributed by atoms with E-state index in [1.165, 1.54) is 0 Å². The van der Waals surface area contributed by atoms with Crippen molar-refractivity contribution in [3.8, 4) is 0 Å². The first-order valence-corrected chi connectivity index (χ1v) is 8.79. The van der Waals surface area contributed by atoms with Crippen LogP contribution in [0, 0.1) is 5.92 Å². The van der Waals surface area contributed by atoms with Crippen molar-refractivity contribution in [2.24, 2.45) is 5.92 Å². The van der Waals surface area contributed by atoms with Gasteiger partial charge in [-0.15, -0.1) is 0 Å². The van der Waals surface area contributed by atoms with Crippen LogP contribution in [0.25, 0.3) is 0 Å². The predicted molar refractivity (Wildman–Crippen MR) is 98.9 cm³/mol. The molecule has 134 valence electrons. The highest BCUT2D eigenvalue weighted by Gasteiger charge is 2.27. The van der Waals surface area contributed by atoms with E-state index in [1.807, 2.05) is 24.3 Å². The third kappa shape index (κ3) is 4.60. The summed E-state index contributed by atoms with van der Waals surface area (Å²) in [6, 6.07) is 17.9. The Bertz CT molecular complexity index is 780. The molecule has 0 spiro atoms. The van der Waals surface area contributed by atoms with Gasteiger partial charge in [0.25, 0.3) is 0 Å². The molecule has 0 radical (unpaired) electrons. The minimum atomic E-state index is -0.344. The molecule has 0 fully saturated rings. The van der Waals surface area contributed by atoms with Gasteiger partial charge in [-0.2, -0.15) is 0 Å². The number of benzene rings is 2. The minimum Gasteiger partial charge on any atom is -0.458 e. The molecule has 2 atom stereocenters. The second-order valence-electron chi connectivity index (χ2n) is 6.53. The number of carbonyl (C=O) groups is 2. The van der Waals surface area contributed by atoms with Gasteiger partial charge in [0.15, 0.2) is 0 Å². The highest BCUT2D eigenvalue weighted by atomic mass is 16.5. The molecule has 0 amide bonds. The van der Waals surface area contributed by atoms with E-state index in [0.717, 1.165) is 12.0 Å². The van der Waals surface area contributed by atoms with E-state index in [0.29, 0.717) is 17.5 Å². The van der Waals surface area contributed by atoms with Crippen molar-refractivity contribution < 1.29 is 19.1 Å². The molecule has 0 aromatic heterocycles. The number of rotatable bonds is 5. The van der Waals surface area contributed by atoms with Gasteiger partial charge in [-0.25, -0.2) is 9.59 Å². The molecule has 3 rings (SSSR count). The van der Waals surface area contributed by atoms with Crippen LogP contribution >= 0.6 is 0 Å². The molecule has 0 bridgehead atoms. The highest BCUT2D eigenvalue weighted by molar-refractivity contribution is 5.90. The summed E-state index contributed by atoms with van der Waals surface area (Å²) in [7, 11) is 0. The average Bonchev–Trinajstić information content (AvgIpc) is 2.69. The zero-order valence-electron chi connectivity index (χ0n) is 14.8. The lowest BCUT2D eigenvalue weighted by Gasteiger charge is -2.28. The lowest BCUT2D eigenvalue weighted by Crippen LogP contribution is -2.29. The molecule has 1 aliphatic rings. The first-order chi connectivity index (χ1) is 12.6. The number of esters is 2. The van der Waals surface area contributed by atoms with Gasteiger partial charge in [-0.05, 0) is 42.2 Å². The van der Waals surface area contributed by atoms with E-state index < -0.39 is 0 Å². The third-order valence-electron chi connectivity index (χ3n) is 4.54. The lowest BCUT2D eigenvalue weighted by atomic mass is 9.88. The Kier molecular flexibility index (Phi) is 5.84. The molecule has 1 unspecified atom stereocenters. The van der Waals surface area contributed by atoms with Crippen LogP contribution in [0.1, 0.15) is 40.5 Å². The number of hydrogen-bond donors (Lipinski definition) is 0. The van der Waals surface area contributed by atoms with Crippen molar-refractivity contribution in [1.29, 1.82) is 0 Å². The highest BCUT2D eigenvalue weighted by Crippen LogP contribution is 2.27. The fourth-order valence-electron chi connectivity index (χ4n) is 2.92. The summed E-state index contributed by atoms with van der Waals surface area (Å²) in [5, 5.41) is 0. The van der Waals surface area contributed by atoms with E-state index in [1.54, 1.807) is 36.4 Å². The average molecular weight is 350 g/mol. The molecule has 26 heavy (non-hydrogen) atoms. The van der Waals surface area contributed by atoms with Gasteiger partial charge in [0.2, 0.25) is 0 Å². The fraction of sp³-hybridized carbons (Fsp3) is 0.273. The molecule has 0 N–H and O–H groups in total. The summed E-state index contributed by atoms with van der Waals surface area (Å²) in [4.78, 5) is 24.4. The minimum absolute atomic E-state index is 0.210. The van der Waals surface area contributed by atoms with Crippen molar-refractivity contribution >= 4 is 11.9 Å². The Morgan fingerprint density at radius 2 is 1.50 bits per heavy atom. The van der Waals surface area contributed by atoms with E-state index in [9.17, 15) is 9.59 Å². The lowest BCUT2D eigenvalue weighted by molar-refractivity contribution is 0.0129. The predicted octanol–water partition coefficient (Wildman–Crippen LogP) is 4.43. The van der Waals surface area contributed by atoms with Gasteiger partial charge < -0.3 is 9.47 Å². The molecule has 0 heterocycles. The van der Waals surface area contributed by atoms with Gasteiger partial charge in [-0.1, -0.05) is 49.4 Å². The molecule has 2 aromatic carbocycles. The van der Waals surface area contributed by atoms with E-state index in [-0.39, 0.29) is 30.6 Å². The van der Waals surface area contributed by atoms with Crippen molar-refractivity contribution in [1.82, 2.24) is 0 Å². The molecular formula is C22H22O4. The third-order valence-corrected chi connectivity index (χ3v) is 4.54. The summed E-state index contributed by atoms with van der Waals surface area (Å²) >= 11 is 0. The molecule has 4 nitrogen and oxygen atoms in total. The maximum absolute atomic E-state index is 12.3. The van der Waals surface area contributed by atoms with Crippen LogP contribution in [0.4, 0.5) is 0 Å². The molecular weight excluding hydrogens is 328 g/mol. The number of allylic oxidation sites excluding steroid dienone is 1. The van der Waals surface area contributed by atoms with E-state index >= 15 is 0 Å². The smallest absolute Gasteiger partial charge is 0.338 e. The SMILES string of the molecule is C[C@@H]1CC=C(COC(=O)c2ccccc2)CC1OC(=O)c1ccccc1. The second kappa shape index (κ2) is 8.48. The Hall–Kier alpha value is -2.88. The normalized spacial score (nSPS) is 19.3. The van der Waals surface area contributed by atoms with E-state index in [4.69, 9.17) is 9.47 Å². The molecule has 0 aliphatic heterocycles. The maximum atomic E-state index is 12.3. The fourth-order valence-corrected chi connectivity index (χ4v) is 2.92. The second-order valence-corrected chi connectivity index (χ2v) is 6.53. The molecule has 1 aliphatic carbocycles. The largest absolute Gasteiger partial charge is 0.458 e.